The van der Waals surface area contributed by atoms with E-state index in [1.54, 1.807) is 4.90 Å². The zero-order valence-corrected chi connectivity index (χ0v) is 15.8. The largest absolute Gasteiger partial charge is 0.487 e. The fourth-order valence-electron chi connectivity index (χ4n) is 3.21. The van der Waals surface area contributed by atoms with Crippen LogP contribution >= 0.6 is 0 Å². The van der Waals surface area contributed by atoms with Crippen LogP contribution in [0.3, 0.4) is 0 Å². The van der Waals surface area contributed by atoms with E-state index >= 15 is 0 Å². The molecule has 150 valence electrons. The molecule has 1 atom stereocenters. The lowest BCUT2D eigenvalue weighted by Gasteiger charge is -2.39. The molecule has 0 radical (unpaired) electrons. The summed E-state index contributed by atoms with van der Waals surface area (Å²) in [5.74, 6) is 0.0113. The summed E-state index contributed by atoms with van der Waals surface area (Å²) in [6.45, 7) is 8.81. The van der Waals surface area contributed by atoms with Crippen molar-refractivity contribution < 1.29 is 22.3 Å². The van der Waals surface area contributed by atoms with Gasteiger partial charge in [0.25, 0.3) is 0 Å². The Hall–Kier alpha value is -2.57. The summed E-state index contributed by atoms with van der Waals surface area (Å²) in [6, 6.07) is 8.28. The van der Waals surface area contributed by atoms with Crippen molar-refractivity contribution in [3.63, 3.8) is 0 Å². The van der Waals surface area contributed by atoms with Crippen LogP contribution in [-0.2, 0) is 6.18 Å². The molecule has 7 heteroatoms. The first-order chi connectivity index (χ1) is 13.1. The van der Waals surface area contributed by atoms with Gasteiger partial charge >= 0.3 is 6.18 Å². The molecule has 0 aliphatic carbocycles. The molecule has 2 aromatic rings. The van der Waals surface area contributed by atoms with Crippen molar-refractivity contribution in [2.45, 2.75) is 38.5 Å². The summed E-state index contributed by atoms with van der Waals surface area (Å²) in [5.41, 5.74) is 1.23. The first-order valence-corrected chi connectivity index (χ1v) is 9.02. The van der Waals surface area contributed by atoms with Crippen molar-refractivity contribution in [1.29, 1.82) is 0 Å². The number of ether oxygens (including phenoxy) is 1. The molecule has 0 unspecified atom stereocenters. The van der Waals surface area contributed by atoms with Crippen LogP contribution in [0, 0.1) is 5.82 Å². The Morgan fingerprint density at radius 1 is 1.29 bits per heavy atom. The van der Waals surface area contributed by atoms with Gasteiger partial charge in [-0.2, -0.15) is 13.2 Å². The molecular formula is C21H22F4N2O. The molecule has 0 N–H and O–H groups in total. The van der Waals surface area contributed by atoms with Crippen molar-refractivity contribution in [3.8, 4) is 5.75 Å². The highest BCUT2D eigenvalue weighted by molar-refractivity contribution is 5.45. The van der Waals surface area contributed by atoms with Gasteiger partial charge in [-0.1, -0.05) is 24.6 Å². The fraction of sp³-hybridized carbons (Fsp3) is 0.381. The third-order valence-corrected chi connectivity index (χ3v) is 4.70. The van der Waals surface area contributed by atoms with Gasteiger partial charge in [-0.05, 0) is 43.0 Å². The monoisotopic (exact) mass is 394 g/mol. The van der Waals surface area contributed by atoms with E-state index in [4.69, 9.17) is 4.74 Å². The molecule has 28 heavy (non-hydrogen) atoms. The molecule has 1 aliphatic heterocycles. The van der Waals surface area contributed by atoms with Crippen molar-refractivity contribution in [2.75, 3.05) is 18.0 Å². The van der Waals surface area contributed by atoms with Crippen LogP contribution in [-0.4, -0.2) is 24.2 Å². The zero-order valence-electron chi connectivity index (χ0n) is 15.8. The lowest BCUT2D eigenvalue weighted by molar-refractivity contribution is -0.138. The van der Waals surface area contributed by atoms with Crippen LogP contribution in [0.2, 0.25) is 0 Å². The Labute approximate surface area is 161 Å². The number of alkyl halides is 3. The molecule has 3 nitrogen and oxygen atoms in total. The lowest BCUT2D eigenvalue weighted by atomic mass is 9.95. The molecule has 1 fully saturated rings. The Bertz CT molecular complexity index is 842. The van der Waals surface area contributed by atoms with Gasteiger partial charge in [-0.15, -0.1) is 6.58 Å². The molecule has 3 rings (SSSR count). The lowest BCUT2D eigenvalue weighted by Crippen LogP contribution is -2.54. The van der Waals surface area contributed by atoms with Crippen LogP contribution in [0.25, 0.3) is 0 Å². The Morgan fingerprint density at radius 2 is 1.93 bits per heavy atom. The van der Waals surface area contributed by atoms with E-state index in [1.165, 1.54) is 5.56 Å². The molecule has 1 aliphatic rings. The highest BCUT2D eigenvalue weighted by Gasteiger charge is 2.35. The van der Waals surface area contributed by atoms with Gasteiger partial charge < -0.3 is 9.64 Å². The second-order valence-electron chi connectivity index (χ2n) is 7.30. The van der Waals surface area contributed by atoms with E-state index in [2.05, 4.69) is 18.5 Å². The highest BCUT2D eigenvalue weighted by Crippen LogP contribution is 2.32. The molecule has 0 saturated carbocycles. The first kappa shape index (κ1) is 20.2. The summed E-state index contributed by atoms with van der Waals surface area (Å²) >= 11 is 0. The maximum Gasteiger partial charge on any atom is 0.417 e. The predicted molar refractivity (Wildman–Crippen MR) is 100 cm³/mol. The van der Waals surface area contributed by atoms with Gasteiger partial charge in [0.15, 0.2) is 11.6 Å². The van der Waals surface area contributed by atoms with Gasteiger partial charge in [0.1, 0.15) is 11.9 Å². The van der Waals surface area contributed by atoms with Crippen molar-refractivity contribution >= 4 is 5.82 Å². The normalized spacial score (nSPS) is 15.9. The zero-order chi connectivity index (χ0) is 20.5. The van der Waals surface area contributed by atoms with Gasteiger partial charge in [0.05, 0.1) is 18.7 Å². The smallest absolute Gasteiger partial charge is 0.417 e. The van der Waals surface area contributed by atoms with E-state index in [9.17, 15) is 17.6 Å². The summed E-state index contributed by atoms with van der Waals surface area (Å²) in [7, 11) is 0. The predicted octanol–water partition coefficient (Wildman–Crippen LogP) is 5.58. The topological polar surface area (TPSA) is 25.4 Å². The number of nitrogens with zero attached hydrogens (tertiary/aromatic N) is 2. The number of hydrogen-bond acceptors (Lipinski definition) is 3. The average Bonchev–Trinajstić information content (AvgIpc) is 2.57. The Balaban J connectivity index is 1.55. The molecule has 2 heterocycles. The molecule has 0 amide bonds. The van der Waals surface area contributed by atoms with E-state index in [1.807, 2.05) is 31.2 Å². The fourth-order valence-corrected chi connectivity index (χ4v) is 3.21. The minimum atomic E-state index is -4.61. The second-order valence-corrected chi connectivity index (χ2v) is 7.30. The molecule has 1 aromatic heterocycles. The number of aromatic nitrogens is 1. The first-order valence-electron chi connectivity index (χ1n) is 9.02. The van der Waals surface area contributed by atoms with Gasteiger partial charge in [0.2, 0.25) is 0 Å². The maximum absolute atomic E-state index is 14.0. The van der Waals surface area contributed by atoms with Gasteiger partial charge in [0, 0.05) is 6.20 Å². The number of pyridine rings is 1. The third-order valence-electron chi connectivity index (χ3n) is 4.70. The van der Waals surface area contributed by atoms with Crippen molar-refractivity contribution in [2.24, 2.45) is 0 Å². The minimum absolute atomic E-state index is 0.0863. The number of benzene rings is 1. The van der Waals surface area contributed by atoms with Crippen LogP contribution in [0.15, 0.2) is 48.7 Å². The average molecular weight is 394 g/mol. The summed E-state index contributed by atoms with van der Waals surface area (Å²) < 4.78 is 57.6. The Kier molecular flexibility index (Phi) is 5.63. The number of anilines is 1. The number of halogens is 4. The number of hydrogen-bond donors (Lipinski definition) is 0. The van der Waals surface area contributed by atoms with E-state index < -0.39 is 17.6 Å². The van der Waals surface area contributed by atoms with Crippen LogP contribution < -0.4 is 9.64 Å². The molecule has 0 bridgehead atoms. The van der Waals surface area contributed by atoms with Crippen LogP contribution in [0.1, 0.15) is 37.3 Å². The highest BCUT2D eigenvalue weighted by atomic mass is 19.4. The standard InChI is InChI=1S/C21H22F4N2O/c1-13(2)8-14(3)15-4-6-17(7-5-15)28-18-11-27(12-18)20-19(22)9-16(10-26-20)21(23,24)25/h4-7,9-10,14,18H,1,8,11-12H2,2-3H3/t14-/m1/s1. The third kappa shape index (κ3) is 4.64. The van der Waals surface area contributed by atoms with E-state index in [-0.39, 0.29) is 11.9 Å². The summed E-state index contributed by atoms with van der Waals surface area (Å²) in [4.78, 5) is 5.19. The Morgan fingerprint density at radius 3 is 2.46 bits per heavy atom. The maximum atomic E-state index is 14.0. The van der Waals surface area contributed by atoms with Gasteiger partial charge in [-0.25, -0.2) is 9.37 Å². The molecular weight excluding hydrogens is 372 g/mol. The number of rotatable bonds is 6. The van der Waals surface area contributed by atoms with E-state index in [0.29, 0.717) is 37.0 Å². The van der Waals surface area contributed by atoms with Crippen molar-refractivity contribution in [3.05, 3.63) is 65.6 Å². The van der Waals surface area contributed by atoms with Crippen LogP contribution in [0.5, 0.6) is 5.75 Å². The summed E-state index contributed by atoms with van der Waals surface area (Å²) in [5, 5.41) is 0. The van der Waals surface area contributed by atoms with E-state index in [0.717, 1.165) is 12.0 Å². The second kappa shape index (κ2) is 7.81. The number of allylic oxidation sites excluding steroid dienone is 1. The van der Waals surface area contributed by atoms with Crippen LogP contribution in [0.4, 0.5) is 23.4 Å². The SMILES string of the molecule is C=C(C)C[C@@H](C)c1ccc(OC2CN(c3ncc(C(F)(F)F)cc3F)C2)cc1. The molecule has 0 spiro atoms. The minimum Gasteiger partial charge on any atom is -0.487 e. The molecule has 1 saturated heterocycles. The van der Waals surface area contributed by atoms with Gasteiger partial charge in [-0.3, -0.25) is 0 Å². The molecule has 1 aromatic carbocycles. The summed E-state index contributed by atoms with van der Waals surface area (Å²) in [6.07, 6.45) is -3.20. The van der Waals surface area contributed by atoms with Crippen molar-refractivity contribution in [1.82, 2.24) is 4.98 Å². The quantitative estimate of drug-likeness (QED) is 0.473.